The highest BCUT2D eigenvalue weighted by Crippen LogP contribution is 2.15. The predicted octanol–water partition coefficient (Wildman–Crippen LogP) is 1.82. The number of H-pyrrole nitrogens is 1. The normalized spacial score (nSPS) is 18.6. The van der Waals surface area contributed by atoms with Crippen LogP contribution in [0, 0.1) is 0 Å². The smallest absolute Gasteiger partial charge is 0.267 e. The van der Waals surface area contributed by atoms with Crippen LogP contribution in [0.5, 0.6) is 0 Å². The lowest BCUT2D eigenvalue weighted by molar-refractivity contribution is 0.180. The van der Waals surface area contributed by atoms with Gasteiger partial charge in [0.05, 0.1) is 6.33 Å². The van der Waals surface area contributed by atoms with E-state index in [2.05, 4.69) is 43.0 Å². The van der Waals surface area contributed by atoms with E-state index in [-0.39, 0.29) is 5.56 Å². The van der Waals surface area contributed by atoms with Gasteiger partial charge < -0.3 is 10.3 Å². The molecule has 100 valence electrons. The maximum absolute atomic E-state index is 11.4. The van der Waals surface area contributed by atoms with E-state index in [1.54, 1.807) is 0 Å². The molecule has 1 fully saturated rings. The molecular formula is C12H19BrN4O. The fourth-order valence-corrected chi connectivity index (χ4v) is 2.60. The Balaban J connectivity index is 1.90. The molecule has 18 heavy (non-hydrogen) atoms. The molecule has 0 aliphatic carbocycles. The molecule has 1 aromatic heterocycles. The van der Waals surface area contributed by atoms with Gasteiger partial charge in [-0.25, -0.2) is 4.98 Å². The number of rotatable bonds is 4. The first-order chi connectivity index (χ1) is 8.68. The first-order valence-corrected chi connectivity index (χ1v) is 7.19. The van der Waals surface area contributed by atoms with Gasteiger partial charge in [0.2, 0.25) is 0 Å². The zero-order chi connectivity index (χ0) is 13.0. The third kappa shape index (κ3) is 3.32. The number of hydrogen-bond acceptors (Lipinski definition) is 4. The zero-order valence-corrected chi connectivity index (χ0v) is 12.2. The van der Waals surface area contributed by atoms with Crippen molar-refractivity contribution >= 4 is 21.7 Å². The lowest BCUT2D eigenvalue weighted by Gasteiger charge is -2.32. The number of anilines is 1. The molecule has 0 spiro atoms. The molecule has 1 unspecified atom stereocenters. The van der Waals surface area contributed by atoms with Gasteiger partial charge in [0.15, 0.2) is 0 Å². The largest absolute Gasteiger partial charge is 0.367 e. The summed E-state index contributed by atoms with van der Waals surface area (Å²) >= 11 is 3.24. The molecule has 1 aromatic rings. The summed E-state index contributed by atoms with van der Waals surface area (Å²) in [6.07, 6.45) is 5.34. The lowest BCUT2D eigenvalue weighted by Crippen LogP contribution is -2.41. The van der Waals surface area contributed by atoms with Crippen LogP contribution >= 0.6 is 15.9 Å². The van der Waals surface area contributed by atoms with E-state index < -0.39 is 0 Å². The highest BCUT2D eigenvalue weighted by molar-refractivity contribution is 9.10. The Hall–Kier alpha value is -0.880. The molecule has 0 radical (unpaired) electrons. The molecule has 0 saturated carbocycles. The first kappa shape index (κ1) is 13.5. The summed E-state index contributed by atoms with van der Waals surface area (Å²) < 4.78 is 0.468. The standard InChI is InChI=1S/C12H19BrN4O/c1-9(17-5-3-2-4-6-17)7-14-11-10(13)12(18)16-8-15-11/h8-9H,2-7H2,1H3,(H2,14,15,16,18). The number of likely N-dealkylation sites (tertiary alicyclic amines) is 1. The molecule has 2 heterocycles. The Kier molecular flexibility index (Phi) is 4.77. The Morgan fingerprint density at radius 2 is 2.22 bits per heavy atom. The second-order valence-corrected chi connectivity index (χ2v) is 5.51. The second-order valence-electron chi connectivity index (χ2n) is 4.72. The molecule has 2 N–H and O–H groups in total. The van der Waals surface area contributed by atoms with E-state index in [0.29, 0.717) is 16.3 Å². The minimum atomic E-state index is -0.155. The Morgan fingerprint density at radius 1 is 1.50 bits per heavy atom. The molecule has 1 saturated heterocycles. The van der Waals surface area contributed by atoms with Crippen molar-refractivity contribution in [1.29, 1.82) is 0 Å². The fourth-order valence-electron chi connectivity index (χ4n) is 2.24. The number of hydrogen-bond donors (Lipinski definition) is 2. The van der Waals surface area contributed by atoms with Crippen LogP contribution in [0.25, 0.3) is 0 Å². The summed E-state index contributed by atoms with van der Waals surface area (Å²) in [5.74, 6) is 0.614. The van der Waals surface area contributed by atoms with Crippen molar-refractivity contribution in [2.75, 3.05) is 25.0 Å². The van der Waals surface area contributed by atoms with Crippen molar-refractivity contribution < 1.29 is 0 Å². The topological polar surface area (TPSA) is 61.0 Å². The summed E-state index contributed by atoms with van der Waals surface area (Å²) in [6.45, 7) is 5.36. The van der Waals surface area contributed by atoms with Crippen LogP contribution in [0.1, 0.15) is 26.2 Å². The average Bonchev–Trinajstić information content (AvgIpc) is 2.41. The third-order valence-electron chi connectivity index (χ3n) is 3.38. The molecule has 5 nitrogen and oxygen atoms in total. The zero-order valence-electron chi connectivity index (χ0n) is 10.6. The van der Waals surface area contributed by atoms with Gasteiger partial charge in [-0.05, 0) is 48.8 Å². The molecular weight excluding hydrogens is 296 g/mol. The van der Waals surface area contributed by atoms with E-state index in [1.165, 1.54) is 38.7 Å². The first-order valence-electron chi connectivity index (χ1n) is 6.39. The minimum Gasteiger partial charge on any atom is -0.367 e. The molecule has 1 atom stereocenters. The lowest BCUT2D eigenvalue weighted by atomic mass is 10.1. The molecule has 0 aromatic carbocycles. The van der Waals surface area contributed by atoms with Gasteiger partial charge in [-0.3, -0.25) is 9.69 Å². The SMILES string of the molecule is CC(CNc1nc[nH]c(=O)c1Br)N1CCCCC1. The Bertz CT molecular complexity index is 442. The molecule has 6 heteroatoms. The van der Waals surface area contributed by atoms with Gasteiger partial charge in [0.1, 0.15) is 10.3 Å². The average molecular weight is 315 g/mol. The summed E-state index contributed by atoms with van der Waals surface area (Å²) in [6, 6.07) is 0.457. The summed E-state index contributed by atoms with van der Waals surface area (Å²) in [5, 5.41) is 3.23. The maximum Gasteiger partial charge on any atom is 0.267 e. The van der Waals surface area contributed by atoms with E-state index in [1.807, 2.05) is 0 Å². The Morgan fingerprint density at radius 3 is 2.94 bits per heavy atom. The third-order valence-corrected chi connectivity index (χ3v) is 4.11. The van der Waals surface area contributed by atoms with E-state index >= 15 is 0 Å². The number of aromatic amines is 1. The van der Waals surface area contributed by atoms with E-state index in [0.717, 1.165) is 6.54 Å². The minimum absolute atomic E-state index is 0.155. The predicted molar refractivity (Wildman–Crippen MR) is 75.9 cm³/mol. The molecule has 0 bridgehead atoms. The van der Waals surface area contributed by atoms with Gasteiger partial charge in [0, 0.05) is 12.6 Å². The van der Waals surface area contributed by atoms with Crippen molar-refractivity contribution in [3.8, 4) is 0 Å². The van der Waals surface area contributed by atoms with Crippen LogP contribution < -0.4 is 10.9 Å². The van der Waals surface area contributed by atoms with Gasteiger partial charge in [-0.15, -0.1) is 0 Å². The maximum atomic E-state index is 11.4. The van der Waals surface area contributed by atoms with Crippen LogP contribution in [-0.2, 0) is 0 Å². The van der Waals surface area contributed by atoms with Gasteiger partial charge in [-0.1, -0.05) is 6.42 Å². The summed E-state index contributed by atoms with van der Waals surface area (Å²) in [5.41, 5.74) is -0.155. The number of nitrogens with zero attached hydrogens (tertiary/aromatic N) is 2. The van der Waals surface area contributed by atoms with Crippen molar-refractivity contribution in [1.82, 2.24) is 14.9 Å². The molecule has 1 aliphatic heterocycles. The van der Waals surface area contributed by atoms with Crippen molar-refractivity contribution in [3.05, 3.63) is 21.2 Å². The molecule has 0 amide bonds. The van der Waals surface area contributed by atoms with Crippen molar-refractivity contribution in [3.63, 3.8) is 0 Å². The molecule has 1 aliphatic rings. The van der Waals surface area contributed by atoms with E-state index in [9.17, 15) is 4.79 Å². The highest BCUT2D eigenvalue weighted by atomic mass is 79.9. The number of halogens is 1. The van der Waals surface area contributed by atoms with Crippen molar-refractivity contribution in [2.45, 2.75) is 32.2 Å². The van der Waals surface area contributed by atoms with Gasteiger partial charge in [0.25, 0.3) is 5.56 Å². The van der Waals surface area contributed by atoms with Gasteiger partial charge >= 0.3 is 0 Å². The quantitative estimate of drug-likeness (QED) is 0.890. The highest BCUT2D eigenvalue weighted by Gasteiger charge is 2.16. The van der Waals surface area contributed by atoms with E-state index in [4.69, 9.17) is 0 Å². The summed E-state index contributed by atoms with van der Waals surface area (Å²) in [4.78, 5) is 20.5. The number of piperidine rings is 1. The fraction of sp³-hybridized carbons (Fsp3) is 0.667. The number of aromatic nitrogens is 2. The number of nitrogens with one attached hydrogen (secondary N) is 2. The molecule has 2 rings (SSSR count). The van der Waals surface area contributed by atoms with Gasteiger partial charge in [-0.2, -0.15) is 0 Å². The monoisotopic (exact) mass is 314 g/mol. The van der Waals surface area contributed by atoms with Crippen LogP contribution in [0.4, 0.5) is 5.82 Å². The summed E-state index contributed by atoms with van der Waals surface area (Å²) in [7, 11) is 0. The van der Waals surface area contributed by atoms with Crippen LogP contribution in [-0.4, -0.2) is 40.5 Å². The van der Waals surface area contributed by atoms with Crippen LogP contribution in [0.15, 0.2) is 15.6 Å². The van der Waals surface area contributed by atoms with Crippen molar-refractivity contribution in [2.24, 2.45) is 0 Å². The Labute approximate surface area is 115 Å². The van der Waals surface area contributed by atoms with Crippen LogP contribution in [0.2, 0.25) is 0 Å². The van der Waals surface area contributed by atoms with Crippen LogP contribution in [0.3, 0.4) is 0 Å². The second kappa shape index (κ2) is 6.33.